The van der Waals surface area contributed by atoms with Crippen LogP contribution in [0, 0.1) is 10.1 Å². The summed E-state index contributed by atoms with van der Waals surface area (Å²) in [6, 6.07) is 7.08. The molecule has 1 aliphatic carbocycles. The molecule has 98 valence electrons. The van der Waals surface area contributed by atoms with E-state index in [-0.39, 0.29) is 16.7 Å². The molecule has 0 bridgehead atoms. The maximum Gasteiger partial charge on any atom is 0.282 e. The average molecular weight is 266 g/mol. The van der Waals surface area contributed by atoms with Crippen molar-refractivity contribution in [3.05, 3.63) is 34.4 Å². The molecule has 0 saturated heterocycles. The zero-order valence-corrected chi connectivity index (χ0v) is 11.1. The number of nitrogens with two attached hydrogens (primary N) is 1. The van der Waals surface area contributed by atoms with Gasteiger partial charge >= 0.3 is 0 Å². The van der Waals surface area contributed by atoms with E-state index in [1.807, 2.05) is 12.1 Å². The molecule has 1 aliphatic rings. The number of benzene rings is 1. The zero-order chi connectivity index (χ0) is 13.0. The Bertz CT molecular complexity index is 425. The van der Waals surface area contributed by atoms with Gasteiger partial charge in [-0.1, -0.05) is 31.4 Å². The van der Waals surface area contributed by atoms with Crippen LogP contribution in [0.3, 0.4) is 0 Å². The molecule has 1 saturated carbocycles. The Labute approximate surface area is 111 Å². The first kappa shape index (κ1) is 13.4. The minimum atomic E-state index is -0.315. The summed E-state index contributed by atoms with van der Waals surface area (Å²) >= 11 is 1.57. The number of hydrogen-bond donors (Lipinski definition) is 1. The summed E-state index contributed by atoms with van der Waals surface area (Å²) in [5.74, 6) is 0. The molecule has 2 N–H and O–H groups in total. The van der Waals surface area contributed by atoms with Gasteiger partial charge in [0.1, 0.15) is 0 Å². The Morgan fingerprint density at radius 1 is 1.22 bits per heavy atom. The molecule has 0 radical (unpaired) electrons. The molecule has 18 heavy (non-hydrogen) atoms. The fraction of sp³-hybridized carbons (Fsp3) is 0.538. The normalized spacial score (nSPS) is 24.5. The average Bonchev–Trinajstić information content (AvgIpc) is 2.55. The van der Waals surface area contributed by atoms with Crippen LogP contribution in [-0.2, 0) is 0 Å². The van der Waals surface area contributed by atoms with E-state index in [2.05, 4.69) is 0 Å². The molecule has 2 atom stereocenters. The van der Waals surface area contributed by atoms with E-state index in [9.17, 15) is 10.1 Å². The Kier molecular flexibility index (Phi) is 4.60. The van der Waals surface area contributed by atoms with Crippen molar-refractivity contribution >= 4 is 17.4 Å². The van der Waals surface area contributed by atoms with Crippen LogP contribution in [0.4, 0.5) is 5.69 Å². The first-order valence-corrected chi connectivity index (χ1v) is 7.22. The number of nitro groups is 1. The van der Waals surface area contributed by atoms with E-state index >= 15 is 0 Å². The van der Waals surface area contributed by atoms with Crippen molar-refractivity contribution in [2.24, 2.45) is 5.73 Å². The lowest BCUT2D eigenvalue weighted by atomic mass is 10.1. The summed E-state index contributed by atoms with van der Waals surface area (Å²) < 4.78 is 0. The lowest BCUT2D eigenvalue weighted by Gasteiger charge is -2.20. The fourth-order valence-electron chi connectivity index (χ4n) is 2.32. The molecule has 2 rings (SSSR count). The van der Waals surface area contributed by atoms with Crippen molar-refractivity contribution < 1.29 is 4.92 Å². The summed E-state index contributed by atoms with van der Waals surface area (Å²) in [6.45, 7) is 0. The minimum Gasteiger partial charge on any atom is -0.327 e. The number of hydrogen-bond acceptors (Lipinski definition) is 4. The molecule has 5 heteroatoms. The van der Waals surface area contributed by atoms with Gasteiger partial charge in [-0.2, -0.15) is 0 Å². The third-order valence-electron chi connectivity index (χ3n) is 3.34. The summed E-state index contributed by atoms with van der Waals surface area (Å²) in [6.07, 6.45) is 5.65. The molecular formula is C13H18N2O2S. The molecule has 4 nitrogen and oxygen atoms in total. The molecule has 0 spiro atoms. The highest BCUT2D eigenvalue weighted by Gasteiger charge is 2.24. The topological polar surface area (TPSA) is 69.2 Å². The molecule has 0 aliphatic heterocycles. The smallest absolute Gasteiger partial charge is 0.282 e. The maximum atomic E-state index is 11.0. The van der Waals surface area contributed by atoms with Gasteiger partial charge in [0, 0.05) is 17.4 Å². The molecule has 1 fully saturated rings. The predicted octanol–water partition coefficient (Wildman–Crippen LogP) is 3.35. The van der Waals surface area contributed by atoms with Gasteiger partial charge in [-0.25, -0.2) is 0 Å². The Hall–Kier alpha value is -1.07. The summed E-state index contributed by atoms with van der Waals surface area (Å²) in [4.78, 5) is 11.4. The van der Waals surface area contributed by atoms with Crippen molar-refractivity contribution in [2.45, 2.75) is 48.3 Å². The summed E-state index contributed by atoms with van der Waals surface area (Å²) in [7, 11) is 0. The molecule has 1 aromatic rings. The molecule has 0 aromatic heterocycles. The lowest BCUT2D eigenvalue weighted by Crippen LogP contribution is -2.31. The monoisotopic (exact) mass is 266 g/mol. The number of thioether (sulfide) groups is 1. The molecule has 0 amide bonds. The highest BCUT2D eigenvalue weighted by molar-refractivity contribution is 8.00. The Morgan fingerprint density at radius 3 is 2.72 bits per heavy atom. The van der Waals surface area contributed by atoms with Crippen LogP contribution in [0.5, 0.6) is 0 Å². The lowest BCUT2D eigenvalue weighted by molar-refractivity contribution is -0.387. The second-order valence-corrected chi connectivity index (χ2v) is 5.96. The van der Waals surface area contributed by atoms with Gasteiger partial charge in [-0.3, -0.25) is 10.1 Å². The van der Waals surface area contributed by atoms with E-state index in [0.717, 1.165) is 17.7 Å². The minimum absolute atomic E-state index is 0.150. The number of rotatable bonds is 3. The third kappa shape index (κ3) is 3.23. The molecule has 1 aromatic carbocycles. The van der Waals surface area contributed by atoms with E-state index in [1.165, 1.54) is 19.3 Å². The second-order valence-electron chi connectivity index (χ2n) is 4.68. The highest BCUT2D eigenvalue weighted by atomic mass is 32.2. The zero-order valence-electron chi connectivity index (χ0n) is 10.2. The van der Waals surface area contributed by atoms with E-state index in [4.69, 9.17) is 5.73 Å². The van der Waals surface area contributed by atoms with Crippen LogP contribution in [-0.4, -0.2) is 16.2 Å². The number of para-hydroxylation sites is 1. The van der Waals surface area contributed by atoms with Gasteiger partial charge in [0.25, 0.3) is 5.69 Å². The highest BCUT2D eigenvalue weighted by Crippen LogP contribution is 2.36. The van der Waals surface area contributed by atoms with Gasteiger partial charge in [0.15, 0.2) is 0 Å². The first-order valence-electron chi connectivity index (χ1n) is 6.34. The molecule has 2 unspecified atom stereocenters. The number of nitrogens with zero attached hydrogens (tertiary/aromatic N) is 1. The van der Waals surface area contributed by atoms with E-state index < -0.39 is 0 Å². The summed E-state index contributed by atoms with van der Waals surface area (Å²) in [5, 5.41) is 11.3. The standard InChI is InChI=1S/C13H18N2O2S/c14-10-6-2-1-3-8-12(10)18-13-9-5-4-7-11(13)15(16)17/h4-5,7,9-10,12H,1-3,6,8,14H2. The van der Waals surface area contributed by atoms with Gasteiger partial charge in [0.2, 0.25) is 0 Å². The van der Waals surface area contributed by atoms with Gasteiger partial charge in [-0.05, 0) is 18.9 Å². The van der Waals surface area contributed by atoms with Crippen molar-refractivity contribution in [3.63, 3.8) is 0 Å². The van der Waals surface area contributed by atoms with Crippen LogP contribution in [0.25, 0.3) is 0 Å². The second kappa shape index (κ2) is 6.20. The number of nitro benzene ring substituents is 1. The largest absolute Gasteiger partial charge is 0.327 e. The van der Waals surface area contributed by atoms with Crippen LogP contribution in [0.1, 0.15) is 32.1 Å². The van der Waals surface area contributed by atoms with Crippen molar-refractivity contribution in [2.75, 3.05) is 0 Å². The van der Waals surface area contributed by atoms with Gasteiger partial charge < -0.3 is 5.73 Å². The van der Waals surface area contributed by atoms with E-state index in [0.29, 0.717) is 5.25 Å². The van der Waals surface area contributed by atoms with Crippen molar-refractivity contribution in [3.8, 4) is 0 Å². The summed E-state index contributed by atoms with van der Waals surface area (Å²) in [5.41, 5.74) is 6.36. The third-order valence-corrected chi connectivity index (χ3v) is 4.83. The fourth-order valence-corrected chi connectivity index (χ4v) is 3.66. The first-order chi connectivity index (χ1) is 8.68. The van der Waals surface area contributed by atoms with Crippen LogP contribution >= 0.6 is 11.8 Å². The van der Waals surface area contributed by atoms with Crippen molar-refractivity contribution in [1.29, 1.82) is 0 Å². The van der Waals surface area contributed by atoms with E-state index in [1.54, 1.807) is 23.9 Å². The maximum absolute atomic E-state index is 11.0. The van der Waals surface area contributed by atoms with Gasteiger partial charge in [-0.15, -0.1) is 11.8 Å². The molecular weight excluding hydrogens is 248 g/mol. The molecule has 0 heterocycles. The van der Waals surface area contributed by atoms with Crippen LogP contribution < -0.4 is 5.73 Å². The quantitative estimate of drug-likeness (QED) is 0.517. The van der Waals surface area contributed by atoms with Crippen molar-refractivity contribution in [1.82, 2.24) is 0 Å². The van der Waals surface area contributed by atoms with Gasteiger partial charge in [0.05, 0.1) is 9.82 Å². The SMILES string of the molecule is NC1CCCCCC1Sc1ccccc1[N+](=O)[O-]. The Balaban J connectivity index is 2.14. The van der Waals surface area contributed by atoms with Crippen LogP contribution in [0.15, 0.2) is 29.2 Å². The Morgan fingerprint density at radius 2 is 1.94 bits per heavy atom. The van der Waals surface area contributed by atoms with Crippen LogP contribution in [0.2, 0.25) is 0 Å². The predicted molar refractivity (Wildman–Crippen MR) is 73.8 cm³/mol.